The highest BCUT2D eigenvalue weighted by Gasteiger charge is 2.31. The minimum atomic E-state index is 0.0333. The molecule has 1 unspecified atom stereocenters. The Bertz CT molecular complexity index is 1190. The monoisotopic (exact) mass is 389 g/mol. The van der Waals surface area contributed by atoms with Crippen molar-refractivity contribution < 1.29 is 4.79 Å². The van der Waals surface area contributed by atoms with Gasteiger partial charge in [0.25, 0.3) is 5.91 Å². The number of nitrogens with zero attached hydrogens (tertiary/aromatic N) is 1. The molecule has 1 aliphatic rings. The van der Waals surface area contributed by atoms with Gasteiger partial charge in [0.1, 0.15) is 0 Å². The van der Waals surface area contributed by atoms with Gasteiger partial charge in [-0.25, -0.2) is 0 Å². The number of para-hydroxylation sites is 1. The maximum atomic E-state index is 13.6. The summed E-state index contributed by atoms with van der Waals surface area (Å²) in [5.74, 6) is 0.125. The summed E-state index contributed by atoms with van der Waals surface area (Å²) in [5, 5.41) is 0. The molecule has 0 spiro atoms. The number of amides is 1. The fourth-order valence-electron chi connectivity index (χ4n) is 4.40. The van der Waals surface area contributed by atoms with Crippen LogP contribution in [0.1, 0.15) is 44.1 Å². The number of benzene rings is 4. The van der Waals surface area contributed by atoms with Crippen molar-refractivity contribution in [3.63, 3.8) is 0 Å². The molecule has 1 amide bonds. The maximum absolute atomic E-state index is 13.6. The smallest absolute Gasteiger partial charge is 0.258 e. The summed E-state index contributed by atoms with van der Waals surface area (Å²) >= 11 is 0. The first kappa shape index (κ1) is 18.4. The van der Waals surface area contributed by atoms with Crippen molar-refractivity contribution in [2.45, 2.75) is 19.4 Å². The number of hydrogen-bond donors (Lipinski definition) is 0. The number of anilines is 1. The molecule has 0 fully saturated rings. The van der Waals surface area contributed by atoms with Gasteiger partial charge in [-0.05, 0) is 47.4 Å². The van der Waals surface area contributed by atoms with Crippen LogP contribution >= 0.6 is 0 Å². The van der Waals surface area contributed by atoms with Crippen LogP contribution in [0.5, 0.6) is 0 Å². The van der Waals surface area contributed by atoms with Crippen molar-refractivity contribution in [3.05, 3.63) is 137 Å². The van der Waals surface area contributed by atoms with E-state index in [9.17, 15) is 4.79 Å². The first-order valence-corrected chi connectivity index (χ1v) is 10.3. The van der Waals surface area contributed by atoms with Gasteiger partial charge in [0.05, 0.1) is 6.54 Å². The lowest BCUT2D eigenvalue weighted by molar-refractivity contribution is 0.0985. The molecule has 30 heavy (non-hydrogen) atoms. The number of hydrogen-bond acceptors (Lipinski definition) is 1. The van der Waals surface area contributed by atoms with E-state index in [1.807, 2.05) is 48.2 Å². The zero-order chi connectivity index (χ0) is 20.5. The molecule has 4 aromatic rings. The summed E-state index contributed by atoms with van der Waals surface area (Å²) < 4.78 is 0. The van der Waals surface area contributed by atoms with E-state index < -0.39 is 0 Å². The van der Waals surface area contributed by atoms with Crippen molar-refractivity contribution in [3.8, 4) is 0 Å². The minimum absolute atomic E-state index is 0.0333. The molecule has 0 saturated heterocycles. The van der Waals surface area contributed by atoms with Crippen LogP contribution in [0.3, 0.4) is 0 Å². The van der Waals surface area contributed by atoms with Crippen molar-refractivity contribution in [1.82, 2.24) is 0 Å². The van der Waals surface area contributed by atoms with E-state index in [1.165, 1.54) is 16.7 Å². The molecule has 0 aromatic heterocycles. The summed E-state index contributed by atoms with van der Waals surface area (Å²) in [6.07, 6.45) is 0. The molecule has 1 heterocycles. The van der Waals surface area contributed by atoms with E-state index in [-0.39, 0.29) is 11.8 Å². The Morgan fingerprint density at radius 2 is 1.37 bits per heavy atom. The Morgan fingerprint density at radius 1 is 0.733 bits per heavy atom. The highest BCUT2D eigenvalue weighted by atomic mass is 16.2. The third kappa shape index (κ3) is 3.21. The molecule has 4 aromatic carbocycles. The second kappa shape index (κ2) is 7.64. The zero-order valence-electron chi connectivity index (χ0n) is 17.0. The molecule has 0 radical (unpaired) electrons. The van der Waals surface area contributed by atoms with E-state index in [4.69, 9.17) is 0 Å². The fraction of sp³-hybridized carbons (Fsp3) is 0.107. The van der Waals surface area contributed by atoms with Crippen molar-refractivity contribution in [2.75, 3.05) is 4.90 Å². The van der Waals surface area contributed by atoms with Gasteiger partial charge >= 0.3 is 0 Å². The molecular formula is C28H23NO. The summed E-state index contributed by atoms with van der Waals surface area (Å²) in [6, 6.07) is 35.2. The number of carbonyl (C=O) groups excluding carboxylic acids is 1. The number of carbonyl (C=O) groups is 1. The third-order valence-electron chi connectivity index (χ3n) is 5.91. The van der Waals surface area contributed by atoms with Gasteiger partial charge in [-0.2, -0.15) is 0 Å². The molecule has 0 bridgehead atoms. The van der Waals surface area contributed by atoms with Crippen molar-refractivity contribution in [2.24, 2.45) is 0 Å². The Hall–Kier alpha value is -3.65. The zero-order valence-corrected chi connectivity index (χ0v) is 17.0. The van der Waals surface area contributed by atoms with E-state index in [0.717, 1.165) is 16.8 Å². The Kier molecular flexibility index (Phi) is 4.68. The molecule has 2 nitrogen and oxygen atoms in total. The van der Waals surface area contributed by atoms with E-state index >= 15 is 0 Å². The summed E-state index contributed by atoms with van der Waals surface area (Å²) in [5.41, 5.74) is 7.69. The number of aryl methyl sites for hydroxylation is 1. The van der Waals surface area contributed by atoms with Crippen molar-refractivity contribution in [1.29, 1.82) is 0 Å². The molecule has 5 rings (SSSR count). The predicted octanol–water partition coefficient (Wildman–Crippen LogP) is 6.34. The highest BCUT2D eigenvalue weighted by Crippen LogP contribution is 2.42. The third-order valence-corrected chi connectivity index (χ3v) is 5.91. The molecule has 0 saturated carbocycles. The van der Waals surface area contributed by atoms with Crippen LogP contribution in [0.4, 0.5) is 5.69 Å². The van der Waals surface area contributed by atoms with Crippen LogP contribution in [0.25, 0.3) is 0 Å². The van der Waals surface area contributed by atoms with Crippen LogP contribution in [0.15, 0.2) is 103 Å². The lowest BCUT2D eigenvalue weighted by atomic mass is 9.83. The SMILES string of the molecule is Cc1ccc(C(=O)N2Cc3ccccc3C(c3ccccc3)c3ccccc32)cc1. The number of fused-ring (bicyclic) bond motifs is 2. The van der Waals surface area contributed by atoms with Crippen LogP contribution < -0.4 is 4.90 Å². The molecular weight excluding hydrogens is 366 g/mol. The highest BCUT2D eigenvalue weighted by molar-refractivity contribution is 6.06. The maximum Gasteiger partial charge on any atom is 0.258 e. The van der Waals surface area contributed by atoms with Crippen LogP contribution in [-0.2, 0) is 6.54 Å². The molecule has 0 aliphatic carbocycles. The standard InChI is InChI=1S/C28H23NO/c1-20-15-17-22(18-16-20)28(30)29-19-23-11-5-6-12-24(23)27(21-9-3-2-4-10-21)25-13-7-8-14-26(25)29/h2-18,27H,19H2,1H3. The lowest BCUT2D eigenvalue weighted by Gasteiger charge is -2.24. The predicted molar refractivity (Wildman–Crippen MR) is 122 cm³/mol. The Morgan fingerprint density at radius 3 is 2.13 bits per heavy atom. The van der Waals surface area contributed by atoms with Crippen LogP contribution in [0, 0.1) is 6.92 Å². The quantitative estimate of drug-likeness (QED) is 0.392. The second-order valence-corrected chi connectivity index (χ2v) is 7.86. The summed E-state index contributed by atoms with van der Waals surface area (Å²) in [4.78, 5) is 15.5. The molecule has 1 atom stereocenters. The molecule has 2 heteroatoms. The lowest BCUT2D eigenvalue weighted by Crippen LogP contribution is -2.30. The van der Waals surface area contributed by atoms with Gasteiger partial charge in [-0.15, -0.1) is 0 Å². The fourth-order valence-corrected chi connectivity index (χ4v) is 4.40. The van der Waals surface area contributed by atoms with Gasteiger partial charge in [-0.3, -0.25) is 4.79 Å². The van der Waals surface area contributed by atoms with Crippen LogP contribution in [-0.4, -0.2) is 5.91 Å². The van der Waals surface area contributed by atoms with Crippen LogP contribution in [0.2, 0.25) is 0 Å². The minimum Gasteiger partial charge on any atom is -0.304 e. The van der Waals surface area contributed by atoms with Gasteiger partial charge < -0.3 is 4.90 Å². The topological polar surface area (TPSA) is 20.3 Å². The van der Waals surface area contributed by atoms with Gasteiger partial charge in [0.15, 0.2) is 0 Å². The molecule has 146 valence electrons. The average molecular weight is 389 g/mol. The van der Waals surface area contributed by atoms with Gasteiger partial charge in [0, 0.05) is 17.2 Å². The van der Waals surface area contributed by atoms with E-state index in [1.54, 1.807) is 0 Å². The first-order chi connectivity index (χ1) is 14.7. The molecule has 0 N–H and O–H groups in total. The van der Waals surface area contributed by atoms with E-state index in [2.05, 4.69) is 66.7 Å². The largest absolute Gasteiger partial charge is 0.304 e. The normalized spacial score (nSPS) is 15.1. The Labute approximate surface area is 177 Å². The second-order valence-electron chi connectivity index (χ2n) is 7.86. The summed E-state index contributed by atoms with van der Waals surface area (Å²) in [7, 11) is 0. The number of rotatable bonds is 2. The first-order valence-electron chi connectivity index (χ1n) is 10.3. The molecule has 1 aliphatic heterocycles. The Balaban J connectivity index is 1.71. The van der Waals surface area contributed by atoms with Crippen molar-refractivity contribution >= 4 is 11.6 Å². The van der Waals surface area contributed by atoms with E-state index in [0.29, 0.717) is 12.1 Å². The average Bonchev–Trinajstić information content (AvgIpc) is 2.94. The summed E-state index contributed by atoms with van der Waals surface area (Å²) in [6.45, 7) is 2.60. The van der Waals surface area contributed by atoms with Gasteiger partial charge in [-0.1, -0.05) is 90.5 Å². The van der Waals surface area contributed by atoms with Gasteiger partial charge in [0.2, 0.25) is 0 Å².